The second kappa shape index (κ2) is 6.29. The van der Waals surface area contributed by atoms with Gasteiger partial charge in [0.05, 0.1) is 0 Å². The molecule has 110 valence electrons. The van der Waals surface area contributed by atoms with Crippen LogP contribution in [0.1, 0.15) is 37.8 Å². The topological polar surface area (TPSA) is 32.3 Å². The third-order valence-corrected chi connectivity index (χ3v) is 4.44. The molecule has 1 saturated heterocycles. The molecule has 2 rings (SSSR count). The van der Waals surface area contributed by atoms with E-state index in [0.29, 0.717) is 0 Å². The summed E-state index contributed by atoms with van der Waals surface area (Å²) >= 11 is 0. The van der Waals surface area contributed by atoms with E-state index in [1.54, 1.807) is 0 Å². The molecule has 0 spiro atoms. The second-order valence-corrected chi connectivity index (χ2v) is 6.12. The molecule has 3 heteroatoms. The van der Waals surface area contributed by atoms with Crippen molar-refractivity contribution in [1.82, 2.24) is 4.90 Å². The molecule has 0 aliphatic carbocycles. The normalized spacial score (nSPS) is 17.9. The number of benzene rings is 1. The summed E-state index contributed by atoms with van der Waals surface area (Å²) in [6.45, 7) is 10.2. The Hall–Kier alpha value is -1.51. The molecule has 1 aromatic carbocycles. The van der Waals surface area contributed by atoms with Crippen LogP contribution in [0.5, 0.6) is 0 Å². The molecule has 1 aliphatic heterocycles. The van der Waals surface area contributed by atoms with Crippen LogP contribution in [0.25, 0.3) is 0 Å². The van der Waals surface area contributed by atoms with Crippen molar-refractivity contribution >= 4 is 11.6 Å². The van der Waals surface area contributed by atoms with Gasteiger partial charge in [-0.2, -0.15) is 0 Å². The highest BCUT2D eigenvalue weighted by Crippen LogP contribution is 2.21. The molecule has 0 saturated carbocycles. The van der Waals surface area contributed by atoms with Crippen molar-refractivity contribution in [3.8, 4) is 0 Å². The summed E-state index contributed by atoms with van der Waals surface area (Å²) in [5.74, 6) is 0.971. The van der Waals surface area contributed by atoms with Crippen LogP contribution in [0, 0.1) is 19.8 Å². The van der Waals surface area contributed by atoms with Gasteiger partial charge in [0, 0.05) is 18.8 Å². The molecular weight excluding hydrogens is 248 g/mol. The third-order valence-electron chi connectivity index (χ3n) is 4.44. The van der Waals surface area contributed by atoms with E-state index in [2.05, 4.69) is 32.2 Å². The molecule has 20 heavy (non-hydrogen) atoms. The van der Waals surface area contributed by atoms with E-state index in [9.17, 15) is 4.79 Å². The average molecular weight is 274 g/mol. The van der Waals surface area contributed by atoms with Crippen LogP contribution in [-0.2, 0) is 4.79 Å². The zero-order valence-electron chi connectivity index (χ0n) is 13.1. The predicted octanol–water partition coefficient (Wildman–Crippen LogP) is 3.36. The van der Waals surface area contributed by atoms with Gasteiger partial charge in [0.15, 0.2) is 0 Å². The highest BCUT2D eigenvalue weighted by Gasteiger charge is 2.24. The van der Waals surface area contributed by atoms with Crippen molar-refractivity contribution in [3.63, 3.8) is 0 Å². The minimum atomic E-state index is -0.163. The van der Waals surface area contributed by atoms with Crippen LogP contribution in [0.2, 0.25) is 0 Å². The van der Waals surface area contributed by atoms with Gasteiger partial charge in [-0.15, -0.1) is 0 Å². The Morgan fingerprint density at radius 1 is 1.30 bits per heavy atom. The molecule has 1 heterocycles. The number of hydrogen-bond donors (Lipinski definition) is 1. The summed E-state index contributed by atoms with van der Waals surface area (Å²) in [4.78, 5) is 14.5. The molecule has 1 N–H and O–H groups in total. The Kier molecular flexibility index (Phi) is 4.69. The molecule has 1 aliphatic rings. The van der Waals surface area contributed by atoms with Crippen molar-refractivity contribution in [1.29, 1.82) is 0 Å². The Bertz CT molecular complexity index is 476. The highest BCUT2D eigenvalue weighted by molar-refractivity contribution is 5.84. The molecular formula is C17H26N2O. The zero-order valence-corrected chi connectivity index (χ0v) is 13.1. The van der Waals surface area contributed by atoms with E-state index in [1.807, 2.05) is 24.0 Å². The summed E-state index contributed by atoms with van der Waals surface area (Å²) in [6.07, 6.45) is 2.25. The van der Waals surface area contributed by atoms with Gasteiger partial charge in [-0.05, 0) is 56.7 Å². The lowest BCUT2D eigenvalue weighted by atomic mass is 9.99. The van der Waals surface area contributed by atoms with Gasteiger partial charge in [-0.25, -0.2) is 0 Å². The van der Waals surface area contributed by atoms with Gasteiger partial charge in [0.25, 0.3) is 0 Å². The first-order valence-electron chi connectivity index (χ1n) is 7.60. The fourth-order valence-electron chi connectivity index (χ4n) is 2.71. The Balaban J connectivity index is 1.99. The Morgan fingerprint density at radius 3 is 2.60 bits per heavy atom. The van der Waals surface area contributed by atoms with E-state index in [0.717, 1.165) is 37.5 Å². The molecule has 1 unspecified atom stereocenters. The lowest BCUT2D eigenvalue weighted by molar-refractivity contribution is -0.132. The maximum atomic E-state index is 12.5. The summed E-state index contributed by atoms with van der Waals surface area (Å²) < 4.78 is 0. The number of hydrogen-bond acceptors (Lipinski definition) is 2. The standard InChI is InChI=1S/C17H26N2O/c1-12-8-10-19(11-9-12)17(20)15(4)18-16-7-5-6-13(2)14(16)3/h5-7,12,15,18H,8-11H2,1-4H3. The average Bonchev–Trinajstić information content (AvgIpc) is 2.44. The summed E-state index contributed by atoms with van der Waals surface area (Å²) in [7, 11) is 0. The second-order valence-electron chi connectivity index (χ2n) is 6.12. The molecule has 0 radical (unpaired) electrons. The number of aryl methyl sites for hydroxylation is 1. The van der Waals surface area contributed by atoms with Crippen molar-refractivity contribution in [2.24, 2.45) is 5.92 Å². The van der Waals surface area contributed by atoms with E-state index < -0.39 is 0 Å². The van der Waals surface area contributed by atoms with Gasteiger partial charge in [0.1, 0.15) is 6.04 Å². The van der Waals surface area contributed by atoms with Crippen molar-refractivity contribution in [2.75, 3.05) is 18.4 Å². The number of carbonyl (C=O) groups is 1. The van der Waals surface area contributed by atoms with E-state index in [1.165, 1.54) is 11.1 Å². The quantitative estimate of drug-likeness (QED) is 0.916. The maximum Gasteiger partial charge on any atom is 0.244 e. The molecule has 1 aromatic rings. The van der Waals surface area contributed by atoms with E-state index >= 15 is 0 Å². The fraction of sp³-hybridized carbons (Fsp3) is 0.588. The number of amides is 1. The van der Waals surface area contributed by atoms with Gasteiger partial charge >= 0.3 is 0 Å². The maximum absolute atomic E-state index is 12.5. The third kappa shape index (κ3) is 3.33. The number of carbonyl (C=O) groups excluding carboxylic acids is 1. The number of nitrogens with one attached hydrogen (secondary N) is 1. The molecule has 3 nitrogen and oxygen atoms in total. The fourth-order valence-corrected chi connectivity index (χ4v) is 2.71. The first kappa shape index (κ1) is 14.9. The first-order chi connectivity index (χ1) is 9.49. The Morgan fingerprint density at radius 2 is 1.95 bits per heavy atom. The van der Waals surface area contributed by atoms with Crippen LogP contribution in [0.3, 0.4) is 0 Å². The lowest BCUT2D eigenvalue weighted by Crippen LogP contribution is -2.45. The highest BCUT2D eigenvalue weighted by atomic mass is 16.2. The van der Waals surface area contributed by atoms with Gasteiger partial charge in [-0.3, -0.25) is 4.79 Å². The largest absolute Gasteiger partial charge is 0.374 e. The van der Waals surface area contributed by atoms with Crippen molar-refractivity contribution < 1.29 is 4.79 Å². The van der Waals surface area contributed by atoms with Crippen molar-refractivity contribution in [3.05, 3.63) is 29.3 Å². The number of piperidine rings is 1. The van der Waals surface area contributed by atoms with Crippen LogP contribution in [0.15, 0.2) is 18.2 Å². The molecule has 1 atom stereocenters. The minimum Gasteiger partial charge on any atom is -0.374 e. The van der Waals surface area contributed by atoms with Crippen LogP contribution < -0.4 is 5.32 Å². The van der Waals surface area contributed by atoms with Gasteiger partial charge in [0.2, 0.25) is 5.91 Å². The number of nitrogens with zero attached hydrogens (tertiary/aromatic N) is 1. The molecule has 0 aromatic heterocycles. The number of anilines is 1. The molecule has 1 amide bonds. The Labute approximate surface area is 122 Å². The lowest BCUT2D eigenvalue weighted by Gasteiger charge is -2.32. The summed E-state index contributed by atoms with van der Waals surface area (Å²) in [6, 6.07) is 6.01. The van der Waals surface area contributed by atoms with Gasteiger partial charge < -0.3 is 10.2 Å². The predicted molar refractivity (Wildman–Crippen MR) is 84.0 cm³/mol. The molecule has 1 fully saturated rings. The van der Waals surface area contributed by atoms with Crippen LogP contribution >= 0.6 is 0 Å². The molecule has 0 bridgehead atoms. The van der Waals surface area contributed by atoms with Crippen LogP contribution in [-0.4, -0.2) is 29.9 Å². The van der Waals surface area contributed by atoms with Crippen LogP contribution in [0.4, 0.5) is 5.69 Å². The minimum absolute atomic E-state index is 0.163. The number of likely N-dealkylation sites (tertiary alicyclic amines) is 1. The van der Waals surface area contributed by atoms with Crippen molar-refractivity contribution in [2.45, 2.75) is 46.6 Å². The van der Waals surface area contributed by atoms with E-state index in [4.69, 9.17) is 0 Å². The van der Waals surface area contributed by atoms with E-state index in [-0.39, 0.29) is 11.9 Å². The first-order valence-corrected chi connectivity index (χ1v) is 7.60. The van der Waals surface area contributed by atoms with Gasteiger partial charge in [-0.1, -0.05) is 19.1 Å². The smallest absolute Gasteiger partial charge is 0.244 e. The summed E-state index contributed by atoms with van der Waals surface area (Å²) in [5.41, 5.74) is 3.54. The number of rotatable bonds is 3. The zero-order chi connectivity index (χ0) is 14.7. The SMILES string of the molecule is Cc1cccc(NC(C)C(=O)N2CCC(C)CC2)c1C. The monoisotopic (exact) mass is 274 g/mol. The summed E-state index contributed by atoms with van der Waals surface area (Å²) in [5, 5.41) is 3.37.